The fourth-order valence-electron chi connectivity index (χ4n) is 1.51. The van der Waals surface area contributed by atoms with E-state index in [1.165, 1.54) is 6.07 Å². The van der Waals surface area contributed by atoms with Gasteiger partial charge in [-0.25, -0.2) is 0 Å². The van der Waals surface area contributed by atoms with Crippen molar-refractivity contribution < 1.29 is 4.74 Å². The van der Waals surface area contributed by atoms with E-state index in [-0.39, 0.29) is 5.56 Å². The van der Waals surface area contributed by atoms with Crippen LogP contribution >= 0.6 is 12.2 Å². The van der Waals surface area contributed by atoms with E-state index in [0.717, 1.165) is 11.4 Å². The molecule has 17 heavy (non-hydrogen) atoms. The smallest absolute Gasteiger partial charge is 0.251 e. The van der Waals surface area contributed by atoms with Gasteiger partial charge in [-0.15, -0.1) is 0 Å². The maximum atomic E-state index is 11.1. The quantitative estimate of drug-likeness (QED) is 0.848. The number of aromatic nitrogens is 2. The lowest BCUT2D eigenvalue weighted by atomic mass is 10.3. The summed E-state index contributed by atoms with van der Waals surface area (Å²) in [5.74, 6) is 0.776. The van der Waals surface area contributed by atoms with E-state index in [9.17, 15) is 4.79 Å². The summed E-state index contributed by atoms with van der Waals surface area (Å²) in [5, 5.41) is 0. The molecule has 1 heterocycles. The number of rotatable bonds is 3. The molecule has 1 aromatic heterocycles. The van der Waals surface area contributed by atoms with Gasteiger partial charge in [0.1, 0.15) is 5.75 Å². The van der Waals surface area contributed by atoms with Crippen molar-refractivity contribution >= 4 is 12.2 Å². The Bertz CT molecular complexity index is 631. The van der Waals surface area contributed by atoms with Crippen LogP contribution in [0.15, 0.2) is 41.3 Å². The van der Waals surface area contributed by atoms with Gasteiger partial charge in [-0.1, -0.05) is 6.07 Å². The Morgan fingerprint density at radius 3 is 2.94 bits per heavy atom. The second-order valence-electron chi connectivity index (χ2n) is 3.41. The summed E-state index contributed by atoms with van der Waals surface area (Å²) in [4.78, 5) is 13.7. The average Bonchev–Trinajstić information content (AvgIpc) is 2.29. The third-order valence-electron chi connectivity index (χ3n) is 2.23. The van der Waals surface area contributed by atoms with Gasteiger partial charge in [0.15, 0.2) is 4.77 Å². The highest BCUT2D eigenvalue weighted by molar-refractivity contribution is 7.71. The fourth-order valence-corrected chi connectivity index (χ4v) is 1.78. The molecule has 0 saturated heterocycles. The number of benzene rings is 1. The molecule has 5 heteroatoms. The van der Waals surface area contributed by atoms with Crippen LogP contribution in [0, 0.1) is 4.77 Å². The van der Waals surface area contributed by atoms with Crippen molar-refractivity contribution in [3.8, 4) is 11.4 Å². The molecular weight excluding hydrogens is 236 g/mol. The molecule has 0 saturated carbocycles. The van der Waals surface area contributed by atoms with Crippen molar-refractivity contribution in [2.75, 3.05) is 6.61 Å². The molecule has 0 aliphatic rings. The monoisotopic (exact) mass is 248 g/mol. The Kier molecular flexibility index (Phi) is 3.39. The van der Waals surface area contributed by atoms with Crippen molar-refractivity contribution in [2.45, 2.75) is 6.92 Å². The number of ether oxygens (including phenoxy) is 1. The normalized spacial score (nSPS) is 10.2. The first-order valence-corrected chi connectivity index (χ1v) is 5.67. The van der Waals surface area contributed by atoms with Crippen LogP contribution < -0.4 is 10.3 Å². The molecule has 0 fully saturated rings. The van der Waals surface area contributed by atoms with Crippen LogP contribution in [-0.2, 0) is 0 Å². The molecule has 0 amide bonds. The van der Waals surface area contributed by atoms with E-state index in [4.69, 9.17) is 17.0 Å². The fraction of sp³-hybridized carbons (Fsp3) is 0.167. The zero-order chi connectivity index (χ0) is 12.3. The predicted molar refractivity (Wildman–Crippen MR) is 68.4 cm³/mol. The molecule has 0 aliphatic carbocycles. The molecule has 1 aromatic carbocycles. The molecule has 88 valence electrons. The first kappa shape index (κ1) is 11.6. The molecular formula is C12H12N2O2S. The molecule has 4 nitrogen and oxygen atoms in total. The van der Waals surface area contributed by atoms with Crippen molar-refractivity contribution in [1.29, 1.82) is 0 Å². The van der Waals surface area contributed by atoms with Gasteiger partial charge >= 0.3 is 0 Å². The number of aromatic amines is 1. The minimum atomic E-state index is -0.202. The van der Waals surface area contributed by atoms with E-state index in [2.05, 4.69) is 4.98 Å². The summed E-state index contributed by atoms with van der Waals surface area (Å²) in [6, 6.07) is 8.97. The van der Waals surface area contributed by atoms with Gasteiger partial charge < -0.3 is 4.74 Å². The number of hydrogen-bond acceptors (Lipinski definition) is 3. The molecule has 0 radical (unpaired) electrons. The predicted octanol–water partition coefficient (Wildman–Crippen LogP) is 2.29. The lowest BCUT2D eigenvalue weighted by Gasteiger charge is -2.08. The number of nitrogens with one attached hydrogen (secondary N) is 1. The van der Waals surface area contributed by atoms with Gasteiger partial charge in [-0.05, 0) is 31.3 Å². The van der Waals surface area contributed by atoms with Crippen LogP contribution in [0.3, 0.4) is 0 Å². The second-order valence-corrected chi connectivity index (χ2v) is 3.80. The number of hydrogen-bond donors (Lipinski definition) is 1. The molecule has 0 aliphatic heterocycles. The van der Waals surface area contributed by atoms with Crippen LogP contribution in [0.25, 0.3) is 5.69 Å². The first-order chi connectivity index (χ1) is 8.20. The van der Waals surface area contributed by atoms with E-state index < -0.39 is 0 Å². The summed E-state index contributed by atoms with van der Waals surface area (Å²) in [6.45, 7) is 2.54. The molecule has 0 atom stereocenters. The SMILES string of the molecule is CCOc1cccc(-n2ccc(=O)[nH]c2=S)c1. The molecule has 0 unspecified atom stereocenters. The Labute approximate surface area is 104 Å². The summed E-state index contributed by atoms with van der Waals surface area (Å²) >= 11 is 5.10. The number of nitrogens with zero attached hydrogens (tertiary/aromatic N) is 1. The van der Waals surface area contributed by atoms with Crippen molar-refractivity contribution in [3.63, 3.8) is 0 Å². The van der Waals surface area contributed by atoms with Gasteiger partial charge in [0.2, 0.25) is 0 Å². The molecule has 0 bridgehead atoms. The summed E-state index contributed by atoms with van der Waals surface area (Å²) in [5.41, 5.74) is 0.657. The second kappa shape index (κ2) is 4.97. The lowest BCUT2D eigenvalue weighted by Crippen LogP contribution is -2.09. The van der Waals surface area contributed by atoms with Crippen LogP contribution in [0.1, 0.15) is 6.92 Å². The first-order valence-electron chi connectivity index (χ1n) is 5.26. The molecule has 2 aromatic rings. The molecule has 0 spiro atoms. The van der Waals surface area contributed by atoms with Gasteiger partial charge in [0.05, 0.1) is 12.3 Å². The standard InChI is InChI=1S/C12H12N2O2S/c1-2-16-10-5-3-4-9(8-10)14-7-6-11(15)13-12(14)17/h3-8H,2H2,1H3,(H,13,15,17). The Morgan fingerprint density at radius 2 is 2.24 bits per heavy atom. The van der Waals surface area contributed by atoms with E-state index >= 15 is 0 Å². The van der Waals surface area contributed by atoms with E-state index in [1.807, 2.05) is 31.2 Å². The zero-order valence-corrected chi connectivity index (χ0v) is 10.2. The van der Waals surface area contributed by atoms with Crippen molar-refractivity contribution in [3.05, 3.63) is 51.7 Å². The molecule has 1 N–H and O–H groups in total. The average molecular weight is 248 g/mol. The largest absolute Gasteiger partial charge is 0.494 e. The Hall–Kier alpha value is -1.88. The van der Waals surface area contributed by atoms with Gasteiger partial charge in [0, 0.05) is 18.3 Å². The third kappa shape index (κ3) is 2.62. The van der Waals surface area contributed by atoms with Crippen LogP contribution in [0.5, 0.6) is 5.75 Å². The third-order valence-corrected chi connectivity index (χ3v) is 2.53. The van der Waals surface area contributed by atoms with Crippen molar-refractivity contribution in [2.24, 2.45) is 0 Å². The van der Waals surface area contributed by atoms with Crippen LogP contribution in [0.2, 0.25) is 0 Å². The van der Waals surface area contributed by atoms with Crippen LogP contribution in [0.4, 0.5) is 0 Å². The van der Waals surface area contributed by atoms with Gasteiger partial charge in [-0.2, -0.15) is 0 Å². The number of H-pyrrole nitrogens is 1. The van der Waals surface area contributed by atoms with E-state index in [1.54, 1.807) is 10.8 Å². The van der Waals surface area contributed by atoms with E-state index in [0.29, 0.717) is 11.4 Å². The molecule has 2 rings (SSSR count). The maximum absolute atomic E-state index is 11.1. The highest BCUT2D eigenvalue weighted by Gasteiger charge is 1.99. The lowest BCUT2D eigenvalue weighted by molar-refractivity contribution is 0.340. The summed E-state index contributed by atoms with van der Waals surface area (Å²) in [6.07, 6.45) is 1.65. The Balaban J connectivity index is 2.49. The highest BCUT2D eigenvalue weighted by atomic mass is 32.1. The van der Waals surface area contributed by atoms with Gasteiger partial charge in [-0.3, -0.25) is 14.3 Å². The summed E-state index contributed by atoms with van der Waals surface area (Å²) in [7, 11) is 0. The van der Waals surface area contributed by atoms with Crippen molar-refractivity contribution in [1.82, 2.24) is 9.55 Å². The zero-order valence-electron chi connectivity index (χ0n) is 9.34. The van der Waals surface area contributed by atoms with Gasteiger partial charge in [0.25, 0.3) is 5.56 Å². The topological polar surface area (TPSA) is 47.0 Å². The highest BCUT2D eigenvalue weighted by Crippen LogP contribution is 2.16. The maximum Gasteiger partial charge on any atom is 0.251 e. The minimum Gasteiger partial charge on any atom is -0.494 e. The summed E-state index contributed by atoms with van der Waals surface area (Å²) < 4.78 is 7.50. The van der Waals surface area contributed by atoms with Crippen LogP contribution in [-0.4, -0.2) is 16.2 Å². The minimum absolute atomic E-state index is 0.202. The Morgan fingerprint density at radius 1 is 1.41 bits per heavy atom.